The van der Waals surface area contributed by atoms with Crippen LogP contribution in [-0.2, 0) is 0 Å². The molecule has 0 spiro atoms. The molecular formula is C16H17NO4S. The molecule has 0 aromatic heterocycles. The zero-order chi connectivity index (χ0) is 15.9. The number of carbonyl (C=O) groups excluding carboxylic acids is 1. The van der Waals surface area contributed by atoms with Gasteiger partial charge in [-0.3, -0.25) is 4.79 Å². The Hall–Kier alpha value is -2.34. The Morgan fingerprint density at radius 3 is 2.14 bits per heavy atom. The van der Waals surface area contributed by atoms with Gasteiger partial charge in [0.1, 0.15) is 17.2 Å². The summed E-state index contributed by atoms with van der Waals surface area (Å²) < 4.78 is 15.5. The van der Waals surface area contributed by atoms with Gasteiger partial charge in [-0.1, -0.05) is 0 Å². The van der Waals surface area contributed by atoms with Crippen molar-refractivity contribution in [1.29, 1.82) is 0 Å². The molecule has 2 aromatic carbocycles. The average Bonchev–Trinajstić information content (AvgIpc) is 2.55. The van der Waals surface area contributed by atoms with E-state index in [0.717, 1.165) is 22.4 Å². The van der Waals surface area contributed by atoms with Gasteiger partial charge in [0, 0.05) is 11.0 Å². The van der Waals surface area contributed by atoms with Gasteiger partial charge in [0.15, 0.2) is 0 Å². The summed E-state index contributed by atoms with van der Waals surface area (Å²) in [6.45, 7) is 0. The van der Waals surface area contributed by atoms with Crippen LogP contribution in [0.3, 0.4) is 0 Å². The van der Waals surface area contributed by atoms with Gasteiger partial charge in [-0.25, -0.2) is 0 Å². The number of thioether (sulfide) groups is 1. The van der Waals surface area contributed by atoms with E-state index in [1.54, 1.807) is 39.5 Å². The van der Waals surface area contributed by atoms with Gasteiger partial charge in [-0.05, 0) is 48.2 Å². The first-order valence-electron chi connectivity index (χ1n) is 6.51. The van der Waals surface area contributed by atoms with Gasteiger partial charge in [-0.2, -0.15) is 0 Å². The predicted octanol–water partition coefficient (Wildman–Crippen LogP) is 4.04. The van der Waals surface area contributed by atoms with Crippen LogP contribution in [0.25, 0.3) is 0 Å². The lowest BCUT2D eigenvalue weighted by molar-refractivity contribution is 0.269. The summed E-state index contributed by atoms with van der Waals surface area (Å²) >= 11 is 1.09. The molecule has 0 aliphatic rings. The van der Waals surface area contributed by atoms with E-state index in [9.17, 15) is 4.79 Å². The maximum atomic E-state index is 12.1. The van der Waals surface area contributed by atoms with Crippen molar-refractivity contribution in [2.24, 2.45) is 0 Å². The SMILES string of the molecule is COc1ccc(SC(=O)Nc2cc(OC)ccc2OC)cc1. The minimum absolute atomic E-state index is 0.211. The number of methoxy groups -OCH3 is 3. The molecule has 0 atom stereocenters. The fourth-order valence-corrected chi connectivity index (χ4v) is 2.45. The predicted molar refractivity (Wildman–Crippen MR) is 87.4 cm³/mol. The van der Waals surface area contributed by atoms with E-state index in [-0.39, 0.29) is 5.24 Å². The van der Waals surface area contributed by atoms with Crippen LogP contribution < -0.4 is 19.5 Å². The van der Waals surface area contributed by atoms with E-state index in [0.29, 0.717) is 17.2 Å². The quantitative estimate of drug-likeness (QED) is 0.843. The molecule has 0 aliphatic heterocycles. The summed E-state index contributed by atoms with van der Waals surface area (Å²) in [4.78, 5) is 12.9. The highest BCUT2D eigenvalue weighted by Crippen LogP contribution is 2.31. The maximum absolute atomic E-state index is 12.1. The molecule has 6 heteroatoms. The first-order valence-corrected chi connectivity index (χ1v) is 7.33. The van der Waals surface area contributed by atoms with Gasteiger partial charge in [0.25, 0.3) is 5.24 Å². The first kappa shape index (κ1) is 16.0. The molecule has 116 valence electrons. The van der Waals surface area contributed by atoms with Crippen LogP contribution in [0.1, 0.15) is 0 Å². The van der Waals surface area contributed by atoms with Crippen LogP contribution in [0, 0.1) is 0 Å². The normalized spacial score (nSPS) is 9.95. The van der Waals surface area contributed by atoms with Gasteiger partial charge < -0.3 is 19.5 Å². The summed E-state index contributed by atoms with van der Waals surface area (Å²) in [6.07, 6.45) is 0. The zero-order valence-corrected chi connectivity index (χ0v) is 13.4. The number of anilines is 1. The number of nitrogens with one attached hydrogen (secondary N) is 1. The standard InChI is InChI=1S/C16H17NO4S/c1-19-11-4-7-13(8-5-11)22-16(18)17-14-10-12(20-2)6-9-15(14)21-3/h4-10H,1-3H3,(H,17,18). The second-order valence-corrected chi connectivity index (χ2v) is 5.30. The molecule has 0 bridgehead atoms. The summed E-state index contributed by atoms with van der Waals surface area (Å²) in [6, 6.07) is 12.5. The number of rotatable bonds is 5. The van der Waals surface area contributed by atoms with Crippen molar-refractivity contribution in [1.82, 2.24) is 0 Å². The van der Waals surface area contributed by atoms with Gasteiger partial charge in [0.2, 0.25) is 0 Å². The van der Waals surface area contributed by atoms with E-state index in [2.05, 4.69) is 5.32 Å². The molecule has 0 radical (unpaired) electrons. The Kier molecular flexibility index (Phi) is 5.55. The molecule has 0 aliphatic carbocycles. The van der Waals surface area contributed by atoms with Gasteiger partial charge in [-0.15, -0.1) is 0 Å². The van der Waals surface area contributed by atoms with Crippen molar-refractivity contribution < 1.29 is 19.0 Å². The summed E-state index contributed by atoms with van der Waals surface area (Å²) in [5, 5.41) is 2.59. The van der Waals surface area contributed by atoms with Crippen molar-refractivity contribution >= 4 is 22.7 Å². The molecule has 0 saturated carbocycles. The smallest absolute Gasteiger partial charge is 0.288 e. The molecule has 0 unspecified atom stereocenters. The number of carbonyl (C=O) groups is 1. The summed E-state index contributed by atoms with van der Waals surface area (Å²) in [5.41, 5.74) is 0.563. The molecule has 2 rings (SSSR count). The van der Waals surface area contributed by atoms with Crippen molar-refractivity contribution in [3.63, 3.8) is 0 Å². The monoisotopic (exact) mass is 319 g/mol. The number of amides is 1. The number of hydrogen-bond donors (Lipinski definition) is 1. The fourth-order valence-electron chi connectivity index (χ4n) is 1.80. The highest BCUT2D eigenvalue weighted by atomic mass is 32.2. The lowest BCUT2D eigenvalue weighted by Gasteiger charge is -2.11. The number of benzene rings is 2. The van der Waals surface area contributed by atoms with Crippen LogP contribution in [-0.4, -0.2) is 26.6 Å². The molecule has 5 nitrogen and oxygen atoms in total. The second kappa shape index (κ2) is 7.61. The molecule has 0 fully saturated rings. The van der Waals surface area contributed by atoms with Gasteiger partial charge >= 0.3 is 0 Å². The highest BCUT2D eigenvalue weighted by Gasteiger charge is 2.10. The van der Waals surface area contributed by atoms with Crippen molar-refractivity contribution in [2.45, 2.75) is 4.90 Å². The highest BCUT2D eigenvalue weighted by molar-refractivity contribution is 8.13. The number of ether oxygens (including phenoxy) is 3. The third kappa shape index (κ3) is 4.08. The Bertz CT molecular complexity index is 643. The Morgan fingerprint density at radius 1 is 0.909 bits per heavy atom. The lowest BCUT2D eigenvalue weighted by Crippen LogP contribution is -2.06. The largest absolute Gasteiger partial charge is 0.497 e. The minimum atomic E-state index is -0.211. The third-order valence-electron chi connectivity index (χ3n) is 2.91. The molecule has 22 heavy (non-hydrogen) atoms. The van der Waals surface area contributed by atoms with E-state index in [4.69, 9.17) is 14.2 Å². The van der Waals surface area contributed by atoms with Crippen molar-refractivity contribution in [2.75, 3.05) is 26.6 Å². The Balaban J connectivity index is 2.07. The number of hydrogen-bond acceptors (Lipinski definition) is 5. The summed E-state index contributed by atoms with van der Waals surface area (Å²) in [5.74, 6) is 1.97. The van der Waals surface area contributed by atoms with Crippen LogP contribution in [0.2, 0.25) is 0 Å². The van der Waals surface area contributed by atoms with Crippen LogP contribution in [0.15, 0.2) is 47.4 Å². The first-order chi connectivity index (χ1) is 10.7. The van der Waals surface area contributed by atoms with Crippen molar-refractivity contribution in [3.05, 3.63) is 42.5 Å². The molecule has 0 heterocycles. The van der Waals surface area contributed by atoms with Crippen LogP contribution in [0.5, 0.6) is 17.2 Å². The topological polar surface area (TPSA) is 56.8 Å². The van der Waals surface area contributed by atoms with Crippen LogP contribution >= 0.6 is 11.8 Å². The summed E-state index contributed by atoms with van der Waals surface area (Å²) in [7, 11) is 4.72. The van der Waals surface area contributed by atoms with E-state index >= 15 is 0 Å². The molecule has 0 saturated heterocycles. The third-order valence-corrected chi connectivity index (χ3v) is 3.71. The van der Waals surface area contributed by atoms with E-state index in [1.165, 1.54) is 0 Å². The maximum Gasteiger partial charge on any atom is 0.288 e. The van der Waals surface area contributed by atoms with E-state index < -0.39 is 0 Å². The zero-order valence-electron chi connectivity index (χ0n) is 12.6. The minimum Gasteiger partial charge on any atom is -0.497 e. The Labute approximate surface area is 133 Å². The van der Waals surface area contributed by atoms with Gasteiger partial charge in [0.05, 0.1) is 27.0 Å². The van der Waals surface area contributed by atoms with Crippen molar-refractivity contribution in [3.8, 4) is 17.2 Å². The molecule has 1 amide bonds. The average molecular weight is 319 g/mol. The second-order valence-electron chi connectivity index (χ2n) is 4.26. The molecular weight excluding hydrogens is 302 g/mol. The lowest BCUT2D eigenvalue weighted by atomic mass is 10.3. The molecule has 1 N–H and O–H groups in total. The van der Waals surface area contributed by atoms with Crippen LogP contribution in [0.4, 0.5) is 10.5 Å². The fraction of sp³-hybridized carbons (Fsp3) is 0.188. The Morgan fingerprint density at radius 2 is 1.55 bits per heavy atom. The van der Waals surface area contributed by atoms with E-state index in [1.807, 2.05) is 24.3 Å². The molecule has 2 aromatic rings.